The van der Waals surface area contributed by atoms with Gasteiger partial charge in [-0.15, -0.1) is 0 Å². The number of hydrogen-bond acceptors (Lipinski definition) is 4. The molecule has 0 saturated heterocycles. The molecule has 2 atom stereocenters. The van der Waals surface area contributed by atoms with Crippen molar-refractivity contribution in [2.75, 3.05) is 5.32 Å². The lowest BCUT2D eigenvalue weighted by Gasteiger charge is -2.17. The molecule has 7 heteroatoms. The molecule has 0 saturated carbocycles. The minimum atomic E-state index is -0.734. The topological polar surface area (TPSA) is 121 Å². The highest BCUT2D eigenvalue weighted by Crippen LogP contribution is 2.15. The SMILES string of the molecule is CCC(C)[C@H](N)C(=O)Nc1ccc2[nH]c(=O)c(=O)[nH]c2c1. The lowest BCUT2D eigenvalue weighted by atomic mass is 9.99. The zero-order valence-corrected chi connectivity index (χ0v) is 11.9. The van der Waals surface area contributed by atoms with Crippen molar-refractivity contribution in [1.29, 1.82) is 0 Å². The average molecular weight is 290 g/mol. The number of fused-ring (bicyclic) bond motifs is 1. The summed E-state index contributed by atoms with van der Waals surface area (Å²) in [5, 5.41) is 2.71. The number of aromatic nitrogens is 2. The summed E-state index contributed by atoms with van der Waals surface area (Å²) in [6.45, 7) is 3.88. The van der Waals surface area contributed by atoms with Crippen LogP contribution in [0.4, 0.5) is 5.69 Å². The molecule has 2 aromatic rings. The Hall–Kier alpha value is -2.41. The van der Waals surface area contributed by atoms with Gasteiger partial charge in [-0.25, -0.2) is 0 Å². The van der Waals surface area contributed by atoms with E-state index in [1.165, 1.54) is 0 Å². The molecule has 0 bridgehead atoms. The van der Waals surface area contributed by atoms with E-state index in [0.717, 1.165) is 6.42 Å². The Labute approximate surface area is 120 Å². The molecule has 21 heavy (non-hydrogen) atoms. The summed E-state index contributed by atoms with van der Waals surface area (Å²) in [6, 6.07) is 4.23. The summed E-state index contributed by atoms with van der Waals surface area (Å²) in [4.78, 5) is 39.4. The summed E-state index contributed by atoms with van der Waals surface area (Å²) in [6.07, 6.45) is 0.806. The summed E-state index contributed by atoms with van der Waals surface area (Å²) in [5.41, 5.74) is 5.85. The first-order chi connectivity index (χ1) is 9.92. The van der Waals surface area contributed by atoms with Crippen LogP contribution < -0.4 is 22.2 Å². The largest absolute Gasteiger partial charge is 0.325 e. The fraction of sp³-hybridized carbons (Fsp3) is 0.357. The second kappa shape index (κ2) is 5.92. The van der Waals surface area contributed by atoms with Crippen molar-refractivity contribution >= 4 is 22.6 Å². The first-order valence-electron chi connectivity index (χ1n) is 6.75. The van der Waals surface area contributed by atoms with E-state index in [9.17, 15) is 14.4 Å². The summed E-state index contributed by atoms with van der Waals surface area (Å²) in [5.74, 6) is -0.211. The van der Waals surface area contributed by atoms with Crippen LogP contribution in [0.15, 0.2) is 27.8 Å². The molecule has 0 aliphatic heterocycles. The van der Waals surface area contributed by atoms with Crippen molar-refractivity contribution in [2.24, 2.45) is 11.7 Å². The molecular weight excluding hydrogens is 272 g/mol. The predicted octanol–water partition coefficient (Wildman–Crippen LogP) is 0.528. The van der Waals surface area contributed by atoms with Gasteiger partial charge in [-0.1, -0.05) is 20.3 Å². The third-order valence-corrected chi connectivity index (χ3v) is 3.55. The highest BCUT2D eigenvalue weighted by Gasteiger charge is 2.19. The minimum absolute atomic E-state index is 0.0709. The van der Waals surface area contributed by atoms with E-state index in [1.807, 2.05) is 13.8 Å². The number of carbonyl (C=O) groups is 1. The number of anilines is 1. The van der Waals surface area contributed by atoms with Gasteiger partial charge in [0.05, 0.1) is 17.1 Å². The van der Waals surface area contributed by atoms with Gasteiger partial charge in [0.25, 0.3) is 0 Å². The molecule has 1 unspecified atom stereocenters. The number of rotatable bonds is 4. The Morgan fingerprint density at radius 2 is 1.86 bits per heavy atom. The fourth-order valence-corrected chi connectivity index (χ4v) is 1.93. The average Bonchev–Trinajstić information content (AvgIpc) is 2.47. The van der Waals surface area contributed by atoms with E-state index in [1.54, 1.807) is 18.2 Å². The molecule has 1 heterocycles. The van der Waals surface area contributed by atoms with Crippen molar-refractivity contribution in [1.82, 2.24) is 9.97 Å². The predicted molar refractivity (Wildman–Crippen MR) is 81.2 cm³/mol. The van der Waals surface area contributed by atoms with Crippen molar-refractivity contribution in [3.8, 4) is 0 Å². The van der Waals surface area contributed by atoms with Crippen molar-refractivity contribution in [3.63, 3.8) is 0 Å². The lowest BCUT2D eigenvalue weighted by molar-refractivity contribution is -0.118. The molecule has 112 valence electrons. The van der Waals surface area contributed by atoms with Crippen LogP contribution in [0.25, 0.3) is 11.0 Å². The van der Waals surface area contributed by atoms with Crippen LogP contribution in [0, 0.1) is 5.92 Å². The first kappa shape index (κ1) is 15.0. The Kier molecular flexibility index (Phi) is 4.23. The van der Waals surface area contributed by atoms with Gasteiger partial charge in [0, 0.05) is 5.69 Å². The van der Waals surface area contributed by atoms with Gasteiger partial charge in [0.2, 0.25) is 5.91 Å². The van der Waals surface area contributed by atoms with Crippen LogP contribution in [-0.2, 0) is 4.79 Å². The number of hydrogen-bond donors (Lipinski definition) is 4. The molecule has 0 aliphatic carbocycles. The number of aromatic amines is 2. The number of benzene rings is 1. The third-order valence-electron chi connectivity index (χ3n) is 3.55. The van der Waals surface area contributed by atoms with Crippen molar-refractivity contribution < 1.29 is 4.79 Å². The van der Waals surface area contributed by atoms with Crippen molar-refractivity contribution in [3.05, 3.63) is 38.9 Å². The van der Waals surface area contributed by atoms with Gasteiger partial charge in [0.1, 0.15) is 0 Å². The monoisotopic (exact) mass is 290 g/mol. The van der Waals surface area contributed by atoms with Crippen LogP contribution in [0.3, 0.4) is 0 Å². The molecule has 0 radical (unpaired) electrons. The molecule has 7 nitrogen and oxygen atoms in total. The molecular formula is C14H18N4O3. The molecule has 1 aromatic carbocycles. The van der Waals surface area contributed by atoms with Gasteiger partial charge in [-0.3, -0.25) is 14.4 Å². The normalized spacial score (nSPS) is 13.9. The molecule has 0 spiro atoms. The standard InChI is InChI=1S/C14H18N4O3/c1-3-7(2)11(15)12(19)16-8-4-5-9-10(6-8)18-14(21)13(20)17-9/h4-7,11H,3,15H2,1-2H3,(H,16,19)(H,17,20)(H,18,21)/t7?,11-/m0/s1. The summed E-state index contributed by atoms with van der Waals surface area (Å²) < 4.78 is 0. The lowest BCUT2D eigenvalue weighted by Crippen LogP contribution is -2.40. The van der Waals surface area contributed by atoms with Gasteiger partial charge >= 0.3 is 11.1 Å². The fourth-order valence-electron chi connectivity index (χ4n) is 1.93. The molecule has 0 fully saturated rings. The minimum Gasteiger partial charge on any atom is -0.325 e. The maximum Gasteiger partial charge on any atom is 0.314 e. The van der Waals surface area contributed by atoms with Crippen LogP contribution in [0.5, 0.6) is 0 Å². The van der Waals surface area contributed by atoms with Gasteiger partial charge in [0.15, 0.2) is 0 Å². The Bertz CT molecular complexity index is 778. The van der Waals surface area contributed by atoms with Crippen molar-refractivity contribution in [2.45, 2.75) is 26.3 Å². The van der Waals surface area contributed by atoms with Crippen LogP contribution in [-0.4, -0.2) is 21.9 Å². The summed E-state index contributed by atoms with van der Waals surface area (Å²) >= 11 is 0. The molecule has 5 N–H and O–H groups in total. The summed E-state index contributed by atoms with van der Waals surface area (Å²) in [7, 11) is 0. The number of H-pyrrole nitrogens is 2. The Morgan fingerprint density at radius 3 is 2.48 bits per heavy atom. The quantitative estimate of drug-likeness (QED) is 0.614. The van der Waals surface area contributed by atoms with E-state index in [2.05, 4.69) is 15.3 Å². The highest BCUT2D eigenvalue weighted by molar-refractivity contribution is 5.96. The zero-order valence-electron chi connectivity index (χ0n) is 11.9. The highest BCUT2D eigenvalue weighted by atomic mass is 16.2. The van der Waals surface area contributed by atoms with Crippen LogP contribution in [0.2, 0.25) is 0 Å². The first-order valence-corrected chi connectivity index (χ1v) is 6.75. The van der Waals surface area contributed by atoms with Crippen LogP contribution >= 0.6 is 0 Å². The van der Waals surface area contributed by atoms with Gasteiger partial charge < -0.3 is 21.0 Å². The number of amides is 1. The van der Waals surface area contributed by atoms with E-state index < -0.39 is 17.2 Å². The Balaban J connectivity index is 2.27. The molecule has 2 rings (SSSR count). The van der Waals surface area contributed by atoms with E-state index in [4.69, 9.17) is 5.73 Å². The number of nitrogens with two attached hydrogens (primary N) is 1. The van der Waals surface area contributed by atoms with Gasteiger partial charge in [-0.2, -0.15) is 0 Å². The number of nitrogens with one attached hydrogen (secondary N) is 3. The Morgan fingerprint density at radius 1 is 1.24 bits per heavy atom. The maximum absolute atomic E-state index is 12.0. The van der Waals surface area contributed by atoms with Crippen LogP contribution in [0.1, 0.15) is 20.3 Å². The van der Waals surface area contributed by atoms with Gasteiger partial charge in [-0.05, 0) is 24.1 Å². The van der Waals surface area contributed by atoms with E-state index in [-0.39, 0.29) is 11.8 Å². The van der Waals surface area contributed by atoms with E-state index >= 15 is 0 Å². The maximum atomic E-state index is 12.0. The second-order valence-electron chi connectivity index (χ2n) is 5.07. The third kappa shape index (κ3) is 3.19. The number of carbonyl (C=O) groups excluding carboxylic acids is 1. The second-order valence-corrected chi connectivity index (χ2v) is 5.07. The molecule has 0 aliphatic rings. The zero-order chi connectivity index (χ0) is 15.6. The van der Waals surface area contributed by atoms with E-state index in [0.29, 0.717) is 16.7 Å². The molecule has 1 aromatic heterocycles. The molecule has 1 amide bonds. The smallest absolute Gasteiger partial charge is 0.314 e.